The number of rotatable bonds is 3. The molecule has 0 saturated carbocycles. The van der Waals surface area contributed by atoms with E-state index >= 15 is 0 Å². The van der Waals surface area contributed by atoms with Crippen molar-refractivity contribution in [1.29, 1.82) is 0 Å². The molecule has 0 aliphatic heterocycles. The van der Waals surface area contributed by atoms with Gasteiger partial charge in [0.15, 0.2) is 0 Å². The first kappa shape index (κ1) is 16.2. The van der Waals surface area contributed by atoms with Gasteiger partial charge in [0.2, 0.25) is 11.9 Å². The van der Waals surface area contributed by atoms with Gasteiger partial charge in [-0.05, 0) is 30.3 Å². The molecule has 0 aliphatic rings. The molecule has 0 fully saturated rings. The van der Waals surface area contributed by atoms with Crippen molar-refractivity contribution in [2.75, 3.05) is 11.1 Å². The third-order valence-corrected chi connectivity index (χ3v) is 3.32. The number of H-pyrrole nitrogens is 1. The third-order valence-electron chi connectivity index (χ3n) is 3.32. The molecule has 0 spiro atoms. The molecule has 3 aromatic rings. The number of nitrogen functional groups attached to an aromatic ring is 1. The molecule has 3 rings (SSSR count). The van der Waals surface area contributed by atoms with Crippen molar-refractivity contribution in [2.24, 2.45) is 0 Å². The van der Waals surface area contributed by atoms with Crippen molar-refractivity contribution in [1.82, 2.24) is 9.97 Å². The van der Waals surface area contributed by atoms with Gasteiger partial charge in [-0.25, -0.2) is 9.78 Å². The summed E-state index contributed by atoms with van der Waals surface area (Å²) in [4.78, 5) is 41.7. The molecule has 0 aliphatic carbocycles. The van der Waals surface area contributed by atoms with Gasteiger partial charge in [-0.2, -0.15) is 0 Å². The molecule has 25 heavy (non-hydrogen) atoms. The van der Waals surface area contributed by atoms with Crippen molar-refractivity contribution >= 4 is 34.4 Å². The maximum atomic E-state index is 12.3. The normalized spacial score (nSPS) is 10.4. The fourth-order valence-electron chi connectivity index (χ4n) is 2.29. The van der Waals surface area contributed by atoms with Crippen LogP contribution >= 0.6 is 0 Å². The fraction of sp³-hybridized carbons (Fsp3) is 0.0588. The number of ether oxygens (including phenoxy) is 1. The van der Waals surface area contributed by atoms with Gasteiger partial charge in [-0.3, -0.25) is 14.6 Å². The second-order valence-corrected chi connectivity index (χ2v) is 5.28. The lowest BCUT2D eigenvalue weighted by molar-refractivity contribution is -0.114. The Hall–Kier alpha value is -3.68. The zero-order valence-electron chi connectivity index (χ0n) is 13.2. The number of aromatic amines is 1. The Bertz CT molecular complexity index is 1040. The van der Waals surface area contributed by atoms with Gasteiger partial charge in [0.25, 0.3) is 5.56 Å². The fourth-order valence-corrected chi connectivity index (χ4v) is 2.29. The van der Waals surface area contributed by atoms with Crippen LogP contribution in [-0.2, 0) is 4.79 Å². The SMILES string of the molecule is CC(=O)Nc1cccc(OC(=O)c2ccc3nc(N)[nH]c(=O)c3c2)c1. The molecule has 2 aromatic carbocycles. The number of nitrogens with two attached hydrogens (primary N) is 1. The molecule has 8 nitrogen and oxygen atoms in total. The zero-order chi connectivity index (χ0) is 18.0. The Morgan fingerprint density at radius 2 is 2.00 bits per heavy atom. The van der Waals surface area contributed by atoms with Gasteiger partial charge in [0.05, 0.1) is 16.5 Å². The van der Waals surface area contributed by atoms with E-state index in [0.717, 1.165) is 0 Å². The van der Waals surface area contributed by atoms with Crippen molar-refractivity contribution in [3.8, 4) is 5.75 Å². The van der Waals surface area contributed by atoms with E-state index in [1.165, 1.54) is 31.2 Å². The first-order chi connectivity index (χ1) is 11.9. The topological polar surface area (TPSA) is 127 Å². The number of esters is 1. The molecule has 1 aromatic heterocycles. The highest BCUT2D eigenvalue weighted by Crippen LogP contribution is 2.19. The van der Waals surface area contributed by atoms with Crippen LogP contribution in [0.15, 0.2) is 47.3 Å². The van der Waals surface area contributed by atoms with Crippen LogP contribution in [0, 0.1) is 0 Å². The van der Waals surface area contributed by atoms with Crippen molar-refractivity contribution in [3.63, 3.8) is 0 Å². The van der Waals surface area contributed by atoms with Gasteiger partial charge in [0, 0.05) is 18.7 Å². The smallest absolute Gasteiger partial charge is 0.343 e. The molecular formula is C17H14N4O4. The Morgan fingerprint density at radius 3 is 2.76 bits per heavy atom. The Labute approximate surface area is 141 Å². The monoisotopic (exact) mass is 338 g/mol. The number of nitrogens with one attached hydrogen (secondary N) is 2. The summed E-state index contributed by atoms with van der Waals surface area (Å²) in [5.41, 5.74) is 6.12. The largest absolute Gasteiger partial charge is 0.423 e. The summed E-state index contributed by atoms with van der Waals surface area (Å²) < 4.78 is 5.29. The zero-order valence-corrected chi connectivity index (χ0v) is 13.2. The molecule has 8 heteroatoms. The van der Waals surface area contributed by atoms with Gasteiger partial charge in [-0.15, -0.1) is 0 Å². The van der Waals surface area contributed by atoms with E-state index in [-0.39, 0.29) is 28.6 Å². The predicted octanol–water partition coefficient (Wildman–Crippen LogP) is 1.68. The van der Waals surface area contributed by atoms with Crippen LogP contribution in [0.2, 0.25) is 0 Å². The van der Waals surface area contributed by atoms with E-state index in [4.69, 9.17) is 10.5 Å². The molecule has 1 amide bonds. The molecule has 126 valence electrons. The number of anilines is 2. The van der Waals surface area contributed by atoms with Gasteiger partial charge < -0.3 is 15.8 Å². The Kier molecular flexibility index (Phi) is 4.17. The Morgan fingerprint density at radius 1 is 1.20 bits per heavy atom. The molecule has 4 N–H and O–H groups in total. The van der Waals surface area contributed by atoms with Crippen LogP contribution in [0.1, 0.15) is 17.3 Å². The molecule has 0 radical (unpaired) electrons. The molecule has 0 bridgehead atoms. The van der Waals surface area contributed by atoms with Crippen LogP contribution in [-0.4, -0.2) is 21.8 Å². The number of aromatic nitrogens is 2. The number of amides is 1. The Balaban J connectivity index is 1.87. The molecule has 1 heterocycles. The van der Waals surface area contributed by atoms with Crippen LogP contribution in [0.4, 0.5) is 11.6 Å². The van der Waals surface area contributed by atoms with Gasteiger partial charge in [0.1, 0.15) is 5.75 Å². The number of carbonyl (C=O) groups is 2. The summed E-state index contributed by atoms with van der Waals surface area (Å²) in [5.74, 6) is -0.606. The van der Waals surface area contributed by atoms with Crippen LogP contribution in [0.5, 0.6) is 5.75 Å². The summed E-state index contributed by atoms with van der Waals surface area (Å²) in [6.45, 7) is 1.38. The van der Waals surface area contributed by atoms with Crippen molar-refractivity contribution in [3.05, 3.63) is 58.4 Å². The van der Waals surface area contributed by atoms with E-state index < -0.39 is 11.5 Å². The van der Waals surface area contributed by atoms with E-state index in [0.29, 0.717) is 11.2 Å². The molecular weight excluding hydrogens is 324 g/mol. The minimum absolute atomic E-state index is 0.00242. The van der Waals surface area contributed by atoms with E-state index in [9.17, 15) is 14.4 Å². The van der Waals surface area contributed by atoms with Crippen LogP contribution in [0.25, 0.3) is 10.9 Å². The maximum absolute atomic E-state index is 12.3. The van der Waals surface area contributed by atoms with E-state index in [2.05, 4.69) is 15.3 Å². The highest BCUT2D eigenvalue weighted by atomic mass is 16.5. The quantitative estimate of drug-likeness (QED) is 0.492. The first-order valence-corrected chi connectivity index (χ1v) is 7.32. The van der Waals surface area contributed by atoms with Gasteiger partial charge in [-0.1, -0.05) is 6.07 Å². The minimum Gasteiger partial charge on any atom is -0.423 e. The lowest BCUT2D eigenvalue weighted by Crippen LogP contribution is -2.13. The van der Waals surface area contributed by atoms with E-state index in [1.54, 1.807) is 18.2 Å². The average Bonchev–Trinajstić information content (AvgIpc) is 2.54. The predicted molar refractivity (Wildman–Crippen MR) is 92.5 cm³/mol. The molecule has 0 unspecified atom stereocenters. The number of hydrogen-bond donors (Lipinski definition) is 3. The van der Waals surface area contributed by atoms with Crippen LogP contribution in [0.3, 0.4) is 0 Å². The van der Waals surface area contributed by atoms with Crippen molar-refractivity contribution < 1.29 is 14.3 Å². The van der Waals surface area contributed by atoms with Crippen LogP contribution < -0.4 is 21.3 Å². The summed E-state index contributed by atoms with van der Waals surface area (Å²) in [5, 5.41) is 2.83. The lowest BCUT2D eigenvalue weighted by Gasteiger charge is -2.07. The number of fused-ring (bicyclic) bond motifs is 1. The minimum atomic E-state index is -0.641. The van der Waals surface area contributed by atoms with Crippen molar-refractivity contribution in [2.45, 2.75) is 6.92 Å². The number of benzene rings is 2. The molecule has 0 atom stereocenters. The summed E-state index contributed by atoms with van der Waals surface area (Å²) in [6.07, 6.45) is 0. The molecule has 0 saturated heterocycles. The number of carbonyl (C=O) groups excluding carboxylic acids is 2. The third kappa shape index (κ3) is 3.63. The highest BCUT2D eigenvalue weighted by Gasteiger charge is 2.12. The van der Waals surface area contributed by atoms with E-state index in [1.807, 2.05) is 0 Å². The second kappa shape index (κ2) is 6.44. The highest BCUT2D eigenvalue weighted by molar-refractivity contribution is 5.95. The summed E-state index contributed by atoms with van der Waals surface area (Å²) >= 11 is 0. The maximum Gasteiger partial charge on any atom is 0.343 e. The summed E-state index contributed by atoms with van der Waals surface area (Å²) in [7, 11) is 0. The summed E-state index contributed by atoms with van der Waals surface area (Å²) in [6, 6.07) is 10.8. The number of nitrogens with zero attached hydrogens (tertiary/aromatic N) is 1. The standard InChI is InChI=1S/C17H14N4O4/c1-9(22)19-11-3-2-4-12(8-11)25-16(24)10-5-6-14-13(7-10)15(23)21-17(18)20-14/h2-8H,1H3,(H,19,22)(H3,18,20,21,23). The lowest BCUT2D eigenvalue weighted by atomic mass is 10.1. The first-order valence-electron chi connectivity index (χ1n) is 7.32. The average molecular weight is 338 g/mol. The number of hydrogen-bond acceptors (Lipinski definition) is 6. The second-order valence-electron chi connectivity index (χ2n) is 5.28. The van der Waals surface area contributed by atoms with Gasteiger partial charge >= 0.3 is 5.97 Å².